The maximum atomic E-state index is 10.7. The molecule has 1 N–H and O–H groups in total. The van der Waals surface area contributed by atoms with E-state index in [0.29, 0.717) is 0 Å². The number of carboxylic acids is 1. The molecule has 0 bridgehead atoms. The Morgan fingerprint density at radius 3 is 1.67 bits per heavy atom. The summed E-state index contributed by atoms with van der Waals surface area (Å²) >= 11 is 0. The predicted molar refractivity (Wildman–Crippen MR) is 91.7 cm³/mol. The van der Waals surface area contributed by atoms with E-state index in [4.69, 9.17) is 5.11 Å². The van der Waals surface area contributed by atoms with Crippen LogP contribution in [-0.2, 0) is 4.79 Å². The molecule has 2 atom stereocenters. The van der Waals surface area contributed by atoms with Crippen molar-refractivity contribution in [2.45, 2.75) is 104 Å². The van der Waals surface area contributed by atoms with Crippen LogP contribution in [0.2, 0.25) is 0 Å². The summed E-state index contributed by atoms with van der Waals surface area (Å²) in [5.74, 6) is 0.0494. The van der Waals surface area contributed by atoms with Crippen LogP contribution in [0.4, 0.5) is 0 Å². The molecule has 0 aliphatic heterocycles. The van der Waals surface area contributed by atoms with Gasteiger partial charge in [-0.2, -0.15) is 0 Å². The summed E-state index contributed by atoms with van der Waals surface area (Å²) in [7, 11) is 0. The predicted octanol–water partition coefficient (Wildman–Crippen LogP) is 6.43. The molecule has 2 unspecified atom stereocenters. The molecule has 0 rings (SSSR count). The first-order valence-electron chi connectivity index (χ1n) is 9.30. The quantitative estimate of drug-likeness (QED) is 0.353. The van der Waals surface area contributed by atoms with Crippen molar-refractivity contribution in [1.29, 1.82) is 0 Å². The molecule has 0 aromatic rings. The topological polar surface area (TPSA) is 37.3 Å². The van der Waals surface area contributed by atoms with Crippen molar-refractivity contribution < 1.29 is 9.90 Å². The molecule has 0 aliphatic rings. The average Bonchev–Trinajstić information content (AvgIpc) is 2.45. The van der Waals surface area contributed by atoms with Crippen molar-refractivity contribution in [3.05, 3.63) is 0 Å². The molecule has 0 radical (unpaired) electrons. The van der Waals surface area contributed by atoms with Crippen molar-refractivity contribution >= 4 is 5.97 Å². The summed E-state index contributed by atoms with van der Waals surface area (Å²) < 4.78 is 0. The normalized spacial score (nSPS) is 14.0. The lowest BCUT2D eigenvalue weighted by molar-refractivity contribution is -0.141. The molecular weight excluding hydrogens is 260 g/mol. The van der Waals surface area contributed by atoms with Gasteiger partial charge in [-0.25, -0.2) is 0 Å². The average molecular weight is 299 g/mol. The Labute approximate surface area is 132 Å². The maximum Gasteiger partial charge on any atom is 0.306 e. The minimum Gasteiger partial charge on any atom is -0.481 e. The molecule has 0 aliphatic carbocycles. The van der Waals surface area contributed by atoms with E-state index in [2.05, 4.69) is 13.8 Å². The minimum absolute atomic E-state index is 0.170. The molecule has 126 valence electrons. The number of rotatable bonds is 15. The van der Waals surface area contributed by atoms with Gasteiger partial charge in [0.15, 0.2) is 0 Å². The molecule has 0 heterocycles. The third-order valence-corrected chi connectivity index (χ3v) is 4.56. The third kappa shape index (κ3) is 14.2. The summed E-state index contributed by atoms with van der Waals surface area (Å²) in [6.45, 7) is 6.47. The zero-order chi connectivity index (χ0) is 15.9. The van der Waals surface area contributed by atoms with E-state index in [-0.39, 0.29) is 5.92 Å². The number of unbranched alkanes of at least 4 members (excludes halogenated alkanes) is 8. The van der Waals surface area contributed by atoms with Crippen LogP contribution < -0.4 is 0 Å². The van der Waals surface area contributed by atoms with Gasteiger partial charge in [0.1, 0.15) is 0 Å². The molecule has 21 heavy (non-hydrogen) atoms. The van der Waals surface area contributed by atoms with Crippen molar-refractivity contribution in [2.24, 2.45) is 11.8 Å². The fraction of sp³-hybridized carbons (Fsp3) is 0.947. The van der Waals surface area contributed by atoms with E-state index in [1.165, 1.54) is 70.6 Å². The maximum absolute atomic E-state index is 10.7. The van der Waals surface area contributed by atoms with Crippen LogP contribution in [0.3, 0.4) is 0 Å². The highest BCUT2D eigenvalue weighted by atomic mass is 16.4. The van der Waals surface area contributed by atoms with Gasteiger partial charge in [-0.05, 0) is 12.3 Å². The van der Waals surface area contributed by atoms with Crippen LogP contribution in [0.5, 0.6) is 0 Å². The largest absolute Gasteiger partial charge is 0.481 e. The summed E-state index contributed by atoms with van der Waals surface area (Å²) in [6.07, 6.45) is 16.8. The van der Waals surface area contributed by atoms with E-state index in [1.54, 1.807) is 0 Å². The fourth-order valence-corrected chi connectivity index (χ4v) is 2.84. The van der Waals surface area contributed by atoms with Crippen LogP contribution in [0, 0.1) is 11.8 Å². The van der Waals surface area contributed by atoms with Gasteiger partial charge in [0.05, 0.1) is 5.92 Å². The van der Waals surface area contributed by atoms with Gasteiger partial charge in [-0.1, -0.05) is 97.8 Å². The highest BCUT2D eigenvalue weighted by molar-refractivity contribution is 5.69. The number of hydrogen-bond donors (Lipinski definition) is 1. The van der Waals surface area contributed by atoms with Crippen LogP contribution in [-0.4, -0.2) is 11.1 Å². The number of carbonyl (C=O) groups is 1. The van der Waals surface area contributed by atoms with E-state index in [0.717, 1.165) is 18.8 Å². The van der Waals surface area contributed by atoms with E-state index < -0.39 is 5.97 Å². The van der Waals surface area contributed by atoms with Gasteiger partial charge < -0.3 is 5.11 Å². The summed E-state index contributed by atoms with van der Waals surface area (Å²) in [4.78, 5) is 10.7. The standard InChI is InChI=1S/C19H38O2/c1-4-5-6-7-8-11-14-17(2)15-12-9-10-13-16-18(3)19(20)21/h17-18H,4-16H2,1-3H3,(H,20,21). The second-order valence-corrected chi connectivity index (χ2v) is 6.89. The molecule has 0 spiro atoms. The van der Waals surface area contributed by atoms with Gasteiger partial charge in [0.2, 0.25) is 0 Å². The lowest BCUT2D eigenvalue weighted by Crippen LogP contribution is -2.08. The van der Waals surface area contributed by atoms with Crippen molar-refractivity contribution in [3.8, 4) is 0 Å². The van der Waals surface area contributed by atoms with Crippen molar-refractivity contribution in [3.63, 3.8) is 0 Å². The van der Waals surface area contributed by atoms with Gasteiger partial charge in [-0.3, -0.25) is 4.79 Å². The van der Waals surface area contributed by atoms with Gasteiger partial charge in [0, 0.05) is 0 Å². The minimum atomic E-state index is -0.650. The van der Waals surface area contributed by atoms with Crippen LogP contribution >= 0.6 is 0 Å². The second kappa shape index (κ2) is 14.4. The zero-order valence-electron chi connectivity index (χ0n) is 14.7. The Balaban J connectivity index is 3.26. The molecule has 0 amide bonds. The lowest BCUT2D eigenvalue weighted by Gasteiger charge is -2.11. The molecular formula is C19H38O2. The Kier molecular flexibility index (Phi) is 14.0. The van der Waals surface area contributed by atoms with E-state index in [1.807, 2.05) is 6.92 Å². The number of hydrogen-bond acceptors (Lipinski definition) is 1. The van der Waals surface area contributed by atoms with Gasteiger partial charge in [0.25, 0.3) is 0 Å². The number of carboxylic acid groups (broad SMARTS) is 1. The molecule has 0 saturated carbocycles. The highest BCUT2D eigenvalue weighted by Gasteiger charge is 2.09. The first-order valence-corrected chi connectivity index (χ1v) is 9.30. The molecule has 2 nitrogen and oxygen atoms in total. The summed E-state index contributed by atoms with van der Waals surface area (Å²) in [6, 6.07) is 0. The highest BCUT2D eigenvalue weighted by Crippen LogP contribution is 2.18. The smallest absolute Gasteiger partial charge is 0.306 e. The molecule has 2 heteroatoms. The molecule has 0 fully saturated rings. The van der Waals surface area contributed by atoms with Crippen molar-refractivity contribution in [2.75, 3.05) is 0 Å². The Morgan fingerprint density at radius 2 is 1.19 bits per heavy atom. The monoisotopic (exact) mass is 298 g/mol. The second-order valence-electron chi connectivity index (χ2n) is 6.89. The van der Waals surface area contributed by atoms with Crippen LogP contribution in [0.15, 0.2) is 0 Å². The zero-order valence-corrected chi connectivity index (χ0v) is 14.7. The first kappa shape index (κ1) is 20.5. The molecule has 0 aromatic heterocycles. The Morgan fingerprint density at radius 1 is 0.762 bits per heavy atom. The third-order valence-electron chi connectivity index (χ3n) is 4.56. The number of aliphatic carboxylic acids is 1. The lowest BCUT2D eigenvalue weighted by atomic mass is 9.95. The summed E-state index contributed by atoms with van der Waals surface area (Å²) in [5, 5.41) is 8.81. The SMILES string of the molecule is CCCCCCCCC(C)CCCCCCC(C)C(=O)O. The van der Waals surface area contributed by atoms with Crippen LogP contribution in [0.25, 0.3) is 0 Å². The van der Waals surface area contributed by atoms with Crippen molar-refractivity contribution in [1.82, 2.24) is 0 Å². The molecule has 0 aromatic carbocycles. The van der Waals surface area contributed by atoms with Gasteiger partial charge in [-0.15, -0.1) is 0 Å². The first-order chi connectivity index (χ1) is 10.1. The summed E-state index contributed by atoms with van der Waals surface area (Å²) in [5.41, 5.74) is 0. The Bertz CT molecular complexity index is 238. The fourth-order valence-electron chi connectivity index (χ4n) is 2.84. The Hall–Kier alpha value is -0.530. The van der Waals surface area contributed by atoms with Gasteiger partial charge >= 0.3 is 5.97 Å². The van der Waals surface area contributed by atoms with Crippen LogP contribution in [0.1, 0.15) is 104 Å². The van der Waals surface area contributed by atoms with E-state index >= 15 is 0 Å². The van der Waals surface area contributed by atoms with E-state index in [9.17, 15) is 4.79 Å². The molecule has 0 saturated heterocycles.